The molecule has 120 valence electrons. The smallest absolute Gasteiger partial charge is 0.308 e. The van der Waals surface area contributed by atoms with E-state index in [-0.39, 0.29) is 35.4 Å². The van der Waals surface area contributed by atoms with Crippen LogP contribution in [-0.4, -0.2) is 26.0 Å². The summed E-state index contributed by atoms with van der Waals surface area (Å²) in [7, 11) is 3.05. The number of methoxy groups -OCH3 is 2. The molecular weight excluding hydrogens is 280 g/mol. The maximum Gasteiger partial charge on any atom is 0.308 e. The number of esters is 1. The molecule has 0 heterocycles. The lowest BCUT2D eigenvalue weighted by molar-refractivity contribution is -0.150. The molecule has 4 atom stereocenters. The lowest BCUT2D eigenvalue weighted by Gasteiger charge is -2.39. The molecule has 22 heavy (non-hydrogen) atoms. The van der Waals surface area contributed by atoms with Gasteiger partial charge in [-0.25, -0.2) is 0 Å². The fourth-order valence-electron chi connectivity index (χ4n) is 3.78. The highest BCUT2D eigenvalue weighted by Crippen LogP contribution is 2.45. The van der Waals surface area contributed by atoms with Crippen molar-refractivity contribution in [1.82, 2.24) is 0 Å². The third-order valence-corrected chi connectivity index (χ3v) is 4.94. The van der Waals surface area contributed by atoms with E-state index >= 15 is 0 Å². The number of Topliss-reactive ketones (excluding diaryl/α,β-unsaturated/α-hetero) is 1. The van der Waals surface area contributed by atoms with E-state index in [0.29, 0.717) is 0 Å². The van der Waals surface area contributed by atoms with Gasteiger partial charge in [-0.3, -0.25) is 9.59 Å². The normalized spacial score (nSPS) is 28.0. The molecule has 0 N–H and O–H groups in total. The zero-order chi connectivity index (χ0) is 16.3. The van der Waals surface area contributed by atoms with Gasteiger partial charge in [0.1, 0.15) is 11.5 Å². The van der Waals surface area contributed by atoms with E-state index in [1.165, 1.54) is 7.11 Å². The number of ketones is 1. The first-order chi connectivity index (χ1) is 10.5. The quantitative estimate of drug-likeness (QED) is 0.802. The first-order valence-corrected chi connectivity index (χ1v) is 7.71. The van der Waals surface area contributed by atoms with Crippen LogP contribution in [0.2, 0.25) is 0 Å². The fraction of sp³-hybridized carbons (Fsp3) is 0.556. The highest BCUT2D eigenvalue weighted by molar-refractivity contribution is 5.82. The second-order valence-corrected chi connectivity index (χ2v) is 6.08. The summed E-state index contributed by atoms with van der Waals surface area (Å²) in [6.45, 7) is 3.61. The Morgan fingerprint density at radius 1 is 1.09 bits per heavy atom. The van der Waals surface area contributed by atoms with Gasteiger partial charge in [0.15, 0.2) is 0 Å². The molecule has 4 nitrogen and oxygen atoms in total. The molecule has 0 aromatic heterocycles. The van der Waals surface area contributed by atoms with Gasteiger partial charge >= 0.3 is 5.97 Å². The highest BCUT2D eigenvalue weighted by atomic mass is 16.5. The van der Waals surface area contributed by atoms with Crippen LogP contribution in [0.3, 0.4) is 0 Å². The van der Waals surface area contributed by atoms with E-state index in [9.17, 15) is 9.59 Å². The van der Waals surface area contributed by atoms with Crippen LogP contribution in [0.1, 0.15) is 38.2 Å². The zero-order valence-electron chi connectivity index (χ0n) is 13.7. The molecule has 0 bridgehead atoms. The van der Waals surface area contributed by atoms with Crippen LogP contribution in [0.5, 0.6) is 5.75 Å². The van der Waals surface area contributed by atoms with Crippen LogP contribution < -0.4 is 4.74 Å². The Morgan fingerprint density at radius 2 is 1.73 bits per heavy atom. The van der Waals surface area contributed by atoms with E-state index in [4.69, 9.17) is 9.47 Å². The Hall–Kier alpha value is -1.84. The first kappa shape index (κ1) is 16.5. The van der Waals surface area contributed by atoms with Crippen molar-refractivity contribution in [3.05, 3.63) is 29.8 Å². The molecule has 1 aromatic rings. The molecule has 1 saturated carbocycles. The minimum absolute atomic E-state index is 0.00852. The lowest BCUT2D eigenvalue weighted by atomic mass is 9.64. The third kappa shape index (κ3) is 3.16. The van der Waals surface area contributed by atoms with Gasteiger partial charge in [0, 0.05) is 5.92 Å². The summed E-state index contributed by atoms with van der Waals surface area (Å²) >= 11 is 0. The molecule has 2 rings (SSSR count). The highest BCUT2D eigenvalue weighted by Gasteiger charge is 2.43. The number of carbonyl (C=O) groups is 2. The largest absolute Gasteiger partial charge is 0.497 e. The second-order valence-electron chi connectivity index (χ2n) is 6.08. The molecule has 1 aliphatic rings. The number of rotatable bonds is 4. The molecule has 0 aliphatic heterocycles. The number of hydrogen-bond donors (Lipinski definition) is 0. The van der Waals surface area contributed by atoms with E-state index in [0.717, 1.165) is 24.2 Å². The van der Waals surface area contributed by atoms with Crippen molar-refractivity contribution in [2.45, 2.75) is 32.6 Å². The van der Waals surface area contributed by atoms with Crippen molar-refractivity contribution in [2.75, 3.05) is 14.2 Å². The molecule has 0 saturated heterocycles. The Kier molecular flexibility index (Phi) is 5.22. The molecule has 1 fully saturated rings. The van der Waals surface area contributed by atoms with Crippen LogP contribution in [0.25, 0.3) is 0 Å². The van der Waals surface area contributed by atoms with Crippen LogP contribution in [0, 0.1) is 17.8 Å². The van der Waals surface area contributed by atoms with Crippen molar-refractivity contribution in [2.24, 2.45) is 17.8 Å². The second kappa shape index (κ2) is 6.95. The van der Waals surface area contributed by atoms with Crippen LogP contribution in [-0.2, 0) is 14.3 Å². The molecule has 0 spiro atoms. The van der Waals surface area contributed by atoms with Gasteiger partial charge in [-0.15, -0.1) is 0 Å². The molecule has 0 unspecified atom stereocenters. The van der Waals surface area contributed by atoms with Crippen molar-refractivity contribution >= 4 is 11.8 Å². The maximum atomic E-state index is 12.2. The Morgan fingerprint density at radius 3 is 2.23 bits per heavy atom. The van der Waals surface area contributed by atoms with E-state index in [1.54, 1.807) is 14.0 Å². The van der Waals surface area contributed by atoms with Gasteiger partial charge in [0.2, 0.25) is 0 Å². The summed E-state index contributed by atoms with van der Waals surface area (Å²) in [6.07, 6.45) is 1.58. The molecular formula is C18H24O4. The molecule has 1 aliphatic carbocycles. The topological polar surface area (TPSA) is 52.6 Å². The number of carbonyl (C=O) groups excluding carboxylic acids is 2. The minimum Gasteiger partial charge on any atom is -0.497 e. The fourth-order valence-corrected chi connectivity index (χ4v) is 3.78. The maximum absolute atomic E-state index is 12.2. The lowest BCUT2D eigenvalue weighted by Crippen LogP contribution is -2.39. The van der Waals surface area contributed by atoms with Gasteiger partial charge in [0.25, 0.3) is 0 Å². The average Bonchev–Trinajstić information content (AvgIpc) is 2.53. The molecule has 0 amide bonds. The van der Waals surface area contributed by atoms with Crippen molar-refractivity contribution in [3.63, 3.8) is 0 Å². The Bertz CT molecular complexity index is 535. The summed E-state index contributed by atoms with van der Waals surface area (Å²) in [5.41, 5.74) is 1.14. The SMILES string of the molecule is COC(=O)[C@@H]1CC[C@H](c2ccc(OC)cc2)[C@@H](C(C)=O)[C@@H]1C. The standard InChI is InChI=1S/C18H24O4/c1-11-15(18(20)22-4)9-10-16(17(11)12(2)19)13-5-7-14(21-3)8-6-13/h5-8,11,15-17H,9-10H2,1-4H3/t11-,15-,16-,17-/m1/s1. The van der Waals surface area contributed by atoms with Gasteiger partial charge in [-0.2, -0.15) is 0 Å². The predicted octanol–water partition coefficient (Wildman–Crippen LogP) is 3.20. The Balaban J connectivity index is 2.27. The first-order valence-electron chi connectivity index (χ1n) is 7.71. The van der Waals surface area contributed by atoms with Gasteiger partial charge in [-0.05, 0) is 49.3 Å². The summed E-state index contributed by atoms with van der Waals surface area (Å²) in [4.78, 5) is 24.1. The van der Waals surface area contributed by atoms with Crippen molar-refractivity contribution in [1.29, 1.82) is 0 Å². The van der Waals surface area contributed by atoms with E-state index in [1.807, 2.05) is 31.2 Å². The average molecular weight is 304 g/mol. The minimum atomic E-state index is -0.202. The third-order valence-electron chi connectivity index (χ3n) is 4.94. The monoisotopic (exact) mass is 304 g/mol. The van der Waals surface area contributed by atoms with Crippen LogP contribution in [0.15, 0.2) is 24.3 Å². The number of benzene rings is 1. The van der Waals surface area contributed by atoms with Gasteiger partial charge < -0.3 is 9.47 Å². The van der Waals surface area contributed by atoms with Crippen molar-refractivity contribution < 1.29 is 19.1 Å². The molecule has 0 radical (unpaired) electrons. The van der Waals surface area contributed by atoms with Crippen LogP contribution in [0.4, 0.5) is 0 Å². The van der Waals surface area contributed by atoms with E-state index in [2.05, 4.69) is 0 Å². The van der Waals surface area contributed by atoms with Crippen molar-refractivity contribution in [3.8, 4) is 5.75 Å². The van der Waals surface area contributed by atoms with E-state index < -0.39 is 0 Å². The summed E-state index contributed by atoms with van der Waals surface area (Å²) < 4.78 is 10.1. The van der Waals surface area contributed by atoms with Crippen LogP contribution >= 0.6 is 0 Å². The van der Waals surface area contributed by atoms with Gasteiger partial charge in [0.05, 0.1) is 20.1 Å². The summed E-state index contributed by atoms with van der Waals surface area (Å²) in [5, 5.41) is 0. The summed E-state index contributed by atoms with van der Waals surface area (Å²) in [5.74, 6) is 0.554. The number of hydrogen-bond acceptors (Lipinski definition) is 4. The molecule has 1 aromatic carbocycles. The summed E-state index contributed by atoms with van der Waals surface area (Å²) in [6, 6.07) is 7.88. The zero-order valence-corrected chi connectivity index (χ0v) is 13.7. The molecule has 4 heteroatoms. The predicted molar refractivity (Wildman–Crippen MR) is 83.8 cm³/mol. The van der Waals surface area contributed by atoms with Gasteiger partial charge in [-0.1, -0.05) is 19.1 Å². The Labute approximate surface area is 131 Å². The number of ether oxygens (including phenoxy) is 2.